The van der Waals surface area contributed by atoms with E-state index in [0.717, 1.165) is 11.1 Å². The number of rotatable bonds is 11. The van der Waals surface area contributed by atoms with Crippen LogP contribution in [0, 0.1) is 6.92 Å². The molecule has 0 saturated carbocycles. The van der Waals surface area contributed by atoms with Gasteiger partial charge in [0.25, 0.3) is 0 Å². The number of aromatic nitrogens is 3. The Labute approximate surface area is 193 Å². The zero-order chi connectivity index (χ0) is 22.9. The molecule has 0 spiro atoms. The second-order valence-electron chi connectivity index (χ2n) is 7.30. The molecule has 0 saturated heterocycles. The molecule has 0 aliphatic heterocycles. The van der Waals surface area contributed by atoms with Gasteiger partial charge in [0.05, 0.1) is 18.4 Å². The molecule has 1 aromatic heterocycles. The zero-order valence-corrected chi connectivity index (χ0v) is 19.8. The lowest BCUT2D eigenvalue weighted by atomic mass is 10.1. The average Bonchev–Trinajstić information content (AvgIpc) is 3.19. The minimum absolute atomic E-state index is 0.0455. The Morgan fingerprint density at radius 2 is 1.88 bits per heavy atom. The topological polar surface area (TPSA) is 78.3 Å². The van der Waals surface area contributed by atoms with Gasteiger partial charge in [-0.3, -0.25) is 4.79 Å². The largest absolute Gasteiger partial charge is 0.490 e. The van der Waals surface area contributed by atoms with E-state index in [1.165, 1.54) is 11.8 Å². The predicted octanol–water partition coefficient (Wildman–Crippen LogP) is 4.55. The molecule has 32 heavy (non-hydrogen) atoms. The molecule has 7 nitrogen and oxygen atoms in total. The monoisotopic (exact) mass is 454 g/mol. The second kappa shape index (κ2) is 11.6. The van der Waals surface area contributed by atoms with Crippen LogP contribution in [-0.4, -0.2) is 33.0 Å². The first-order valence-corrected chi connectivity index (χ1v) is 11.8. The highest BCUT2D eigenvalue weighted by atomic mass is 32.2. The van der Waals surface area contributed by atoms with Crippen molar-refractivity contribution >= 4 is 17.7 Å². The van der Waals surface area contributed by atoms with E-state index >= 15 is 0 Å². The minimum Gasteiger partial charge on any atom is -0.490 e. The fourth-order valence-electron chi connectivity index (χ4n) is 3.23. The van der Waals surface area contributed by atoms with Crippen LogP contribution in [-0.2, 0) is 17.9 Å². The molecule has 170 valence electrons. The third-order valence-corrected chi connectivity index (χ3v) is 5.84. The number of nitrogens with zero attached hydrogens (tertiary/aromatic N) is 3. The number of carbonyl (C=O) groups is 1. The lowest BCUT2D eigenvalue weighted by Crippen LogP contribution is -2.28. The molecular weight excluding hydrogens is 424 g/mol. The van der Waals surface area contributed by atoms with Crippen molar-refractivity contribution in [1.82, 2.24) is 20.1 Å². The molecule has 0 unspecified atom stereocenters. The minimum atomic E-state index is -0.0497. The molecule has 3 rings (SSSR count). The molecule has 1 amide bonds. The number of benzene rings is 2. The molecule has 3 aromatic rings. The number of amides is 1. The van der Waals surface area contributed by atoms with E-state index in [2.05, 4.69) is 15.5 Å². The SMILES string of the molecule is CCOc1cc(C)ccc1OCc1nnc(SCC(=O)N[C@H](C)c2ccccc2)n1CC. The highest BCUT2D eigenvalue weighted by Gasteiger charge is 2.16. The van der Waals surface area contributed by atoms with E-state index in [-0.39, 0.29) is 24.3 Å². The van der Waals surface area contributed by atoms with Crippen molar-refractivity contribution in [3.05, 3.63) is 65.5 Å². The van der Waals surface area contributed by atoms with Gasteiger partial charge in [-0.1, -0.05) is 48.2 Å². The van der Waals surface area contributed by atoms with E-state index in [1.807, 2.05) is 80.8 Å². The Hall–Kier alpha value is -3.00. The highest BCUT2D eigenvalue weighted by molar-refractivity contribution is 7.99. The maximum Gasteiger partial charge on any atom is 0.230 e. The first-order valence-electron chi connectivity index (χ1n) is 10.8. The van der Waals surface area contributed by atoms with Crippen molar-refractivity contribution < 1.29 is 14.3 Å². The summed E-state index contributed by atoms with van der Waals surface area (Å²) in [6.07, 6.45) is 0. The first kappa shape index (κ1) is 23.7. The predicted molar refractivity (Wildman–Crippen MR) is 126 cm³/mol. The van der Waals surface area contributed by atoms with Crippen LogP contribution in [0.1, 0.15) is 43.8 Å². The summed E-state index contributed by atoms with van der Waals surface area (Å²) in [4.78, 5) is 12.4. The Kier molecular flexibility index (Phi) is 8.56. The summed E-state index contributed by atoms with van der Waals surface area (Å²) in [5, 5.41) is 12.3. The van der Waals surface area contributed by atoms with Crippen LogP contribution in [0.2, 0.25) is 0 Å². The average molecular weight is 455 g/mol. The number of ether oxygens (including phenoxy) is 2. The molecule has 2 aromatic carbocycles. The Bertz CT molecular complexity index is 1020. The number of nitrogens with one attached hydrogen (secondary N) is 1. The van der Waals surface area contributed by atoms with Crippen molar-refractivity contribution in [2.24, 2.45) is 0 Å². The quantitative estimate of drug-likeness (QED) is 0.428. The van der Waals surface area contributed by atoms with Gasteiger partial charge >= 0.3 is 0 Å². The number of hydrogen-bond acceptors (Lipinski definition) is 6. The normalized spacial score (nSPS) is 11.8. The van der Waals surface area contributed by atoms with E-state index in [0.29, 0.717) is 35.6 Å². The molecular formula is C24H30N4O3S. The van der Waals surface area contributed by atoms with Crippen LogP contribution in [0.4, 0.5) is 0 Å². The van der Waals surface area contributed by atoms with Crippen molar-refractivity contribution in [3.8, 4) is 11.5 Å². The summed E-state index contributed by atoms with van der Waals surface area (Å²) in [6.45, 7) is 9.47. The molecule has 0 fully saturated rings. The smallest absolute Gasteiger partial charge is 0.230 e. The fraction of sp³-hybridized carbons (Fsp3) is 0.375. The van der Waals surface area contributed by atoms with Gasteiger partial charge in [0.1, 0.15) is 6.61 Å². The molecule has 0 bridgehead atoms. The molecule has 1 atom stereocenters. The summed E-state index contributed by atoms with van der Waals surface area (Å²) in [7, 11) is 0. The van der Waals surface area contributed by atoms with Gasteiger partial charge in [-0.2, -0.15) is 0 Å². The van der Waals surface area contributed by atoms with Gasteiger partial charge in [0.15, 0.2) is 22.5 Å². The van der Waals surface area contributed by atoms with E-state index < -0.39 is 0 Å². The first-order chi connectivity index (χ1) is 15.5. The molecule has 0 aliphatic carbocycles. The van der Waals surface area contributed by atoms with Crippen molar-refractivity contribution in [2.45, 2.75) is 52.0 Å². The van der Waals surface area contributed by atoms with Crippen molar-refractivity contribution in [2.75, 3.05) is 12.4 Å². The number of hydrogen-bond donors (Lipinski definition) is 1. The summed E-state index contributed by atoms with van der Waals surface area (Å²) in [6, 6.07) is 15.7. The van der Waals surface area contributed by atoms with Crippen LogP contribution in [0.15, 0.2) is 53.7 Å². The van der Waals surface area contributed by atoms with Gasteiger partial charge in [0, 0.05) is 6.54 Å². The van der Waals surface area contributed by atoms with Crippen molar-refractivity contribution in [3.63, 3.8) is 0 Å². The molecule has 1 N–H and O–H groups in total. The van der Waals surface area contributed by atoms with Crippen LogP contribution >= 0.6 is 11.8 Å². The number of aryl methyl sites for hydroxylation is 1. The van der Waals surface area contributed by atoms with Gasteiger partial charge < -0.3 is 19.4 Å². The van der Waals surface area contributed by atoms with E-state index in [1.54, 1.807) is 0 Å². The van der Waals surface area contributed by atoms with Gasteiger partial charge in [-0.05, 0) is 51.0 Å². The van der Waals surface area contributed by atoms with Crippen LogP contribution in [0.5, 0.6) is 11.5 Å². The molecule has 0 aliphatic rings. The third-order valence-electron chi connectivity index (χ3n) is 4.87. The summed E-state index contributed by atoms with van der Waals surface area (Å²) in [5.74, 6) is 2.31. The maximum absolute atomic E-state index is 12.4. The Morgan fingerprint density at radius 1 is 1.09 bits per heavy atom. The summed E-state index contributed by atoms with van der Waals surface area (Å²) >= 11 is 1.37. The lowest BCUT2D eigenvalue weighted by molar-refractivity contribution is -0.119. The standard InChI is InChI=1S/C24H30N4O3S/c1-5-28-22(15-31-20-13-12-17(3)14-21(20)30-6-2)26-27-24(28)32-16-23(29)25-18(4)19-10-8-7-9-11-19/h7-14,18H,5-6,15-16H2,1-4H3,(H,25,29)/t18-/m1/s1. The molecule has 1 heterocycles. The summed E-state index contributed by atoms with van der Waals surface area (Å²) < 4.78 is 13.6. The summed E-state index contributed by atoms with van der Waals surface area (Å²) in [5.41, 5.74) is 2.18. The van der Waals surface area contributed by atoms with E-state index in [4.69, 9.17) is 9.47 Å². The third kappa shape index (κ3) is 6.26. The van der Waals surface area contributed by atoms with E-state index in [9.17, 15) is 4.79 Å². The van der Waals surface area contributed by atoms with Gasteiger partial charge in [0.2, 0.25) is 5.91 Å². The van der Waals surface area contributed by atoms with Crippen LogP contribution in [0.3, 0.4) is 0 Å². The van der Waals surface area contributed by atoms with Gasteiger partial charge in [-0.15, -0.1) is 10.2 Å². The molecule has 0 radical (unpaired) electrons. The molecule has 8 heteroatoms. The second-order valence-corrected chi connectivity index (χ2v) is 8.25. The lowest BCUT2D eigenvalue weighted by Gasteiger charge is -2.14. The van der Waals surface area contributed by atoms with Crippen LogP contribution < -0.4 is 14.8 Å². The number of thioether (sulfide) groups is 1. The van der Waals surface area contributed by atoms with Crippen molar-refractivity contribution in [1.29, 1.82) is 0 Å². The number of carbonyl (C=O) groups excluding carboxylic acids is 1. The fourth-order valence-corrected chi connectivity index (χ4v) is 4.07. The Balaban J connectivity index is 1.58. The Morgan fingerprint density at radius 3 is 2.59 bits per heavy atom. The highest BCUT2D eigenvalue weighted by Crippen LogP contribution is 2.29. The zero-order valence-electron chi connectivity index (χ0n) is 19.0. The van der Waals surface area contributed by atoms with Crippen LogP contribution in [0.25, 0.3) is 0 Å². The van der Waals surface area contributed by atoms with Gasteiger partial charge in [-0.25, -0.2) is 0 Å². The maximum atomic E-state index is 12.4.